The number of H-pyrrole nitrogens is 1. The number of aromatic nitrogens is 1. The van der Waals surface area contributed by atoms with E-state index < -0.39 is 23.4 Å². The SMILES string of the molecule is C[C@@H]1CC[C@H]([C@@H](C)O)N1c1ccc2[nH]c(=O)cc(C(F)(F)F)c2c1. The van der Waals surface area contributed by atoms with Crippen molar-refractivity contribution < 1.29 is 18.3 Å². The van der Waals surface area contributed by atoms with Gasteiger partial charge in [-0.05, 0) is 44.9 Å². The van der Waals surface area contributed by atoms with Crippen LogP contribution in [0.25, 0.3) is 10.9 Å². The third-order valence-corrected chi connectivity index (χ3v) is 4.70. The highest BCUT2D eigenvalue weighted by Gasteiger charge is 2.36. The van der Waals surface area contributed by atoms with Crippen molar-refractivity contribution in [2.75, 3.05) is 4.90 Å². The van der Waals surface area contributed by atoms with Gasteiger partial charge in [0, 0.05) is 28.7 Å². The second kappa shape index (κ2) is 5.81. The lowest BCUT2D eigenvalue weighted by molar-refractivity contribution is -0.136. The number of nitrogens with zero attached hydrogens (tertiary/aromatic N) is 1. The number of halogens is 3. The van der Waals surface area contributed by atoms with E-state index >= 15 is 0 Å². The molecule has 0 unspecified atom stereocenters. The largest absolute Gasteiger partial charge is 0.417 e. The van der Waals surface area contributed by atoms with E-state index in [0.717, 1.165) is 12.8 Å². The summed E-state index contributed by atoms with van der Waals surface area (Å²) in [4.78, 5) is 15.9. The molecule has 24 heavy (non-hydrogen) atoms. The number of rotatable bonds is 2. The third-order valence-electron chi connectivity index (χ3n) is 4.70. The van der Waals surface area contributed by atoms with Crippen LogP contribution in [-0.2, 0) is 6.18 Å². The Bertz CT molecular complexity index is 814. The number of aromatic amines is 1. The molecule has 4 nitrogen and oxygen atoms in total. The molecule has 0 bridgehead atoms. The first-order chi connectivity index (χ1) is 11.2. The number of hydrogen-bond donors (Lipinski definition) is 2. The zero-order chi connectivity index (χ0) is 17.6. The normalized spacial score (nSPS) is 23.0. The summed E-state index contributed by atoms with van der Waals surface area (Å²) in [5.74, 6) is 0. The van der Waals surface area contributed by atoms with E-state index in [9.17, 15) is 23.1 Å². The van der Waals surface area contributed by atoms with E-state index in [1.54, 1.807) is 13.0 Å². The summed E-state index contributed by atoms with van der Waals surface area (Å²) in [6.07, 6.45) is -3.53. The minimum atomic E-state index is -4.61. The topological polar surface area (TPSA) is 56.3 Å². The second-order valence-corrected chi connectivity index (χ2v) is 6.42. The highest BCUT2D eigenvalue weighted by atomic mass is 19.4. The Kier molecular flexibility index (Phi) is 4.07. The molecule has 0 amide bonds. The summed E-state index contributed by atoms with van der Waals surface area (Å²) in [5.41, 5.74) is -0.947. The molecule has 2 heterocycles. The Balaban J connectivity index is 2.18. The number of benzene rings is 1. The molecule has 0 radical (unpaired) electrons. The minimum Gasteiger partial charge on any atom is -0.391 e. The van der Waals surface area contributed by atoms with Gasteiger partial charge in [0.15, 0.2) is 0 Å². The van der Waals surface area contributed by atoms with Gasteiger partial charge in [-0.25, -0.2) is 0 Å². The number of hydrogen-bond acceptors (Lipinski definition) is 3. The highest BCUT2D eigenvalue weighted by molar-refractivity contribution is 5.86. The van der Waals surface area contributed by atoms with Crippen LogP contribution in [0.4, 0.5) is 18.9 Å². The molecule has 0 aliphatic carbocycles. The van der Waals surface area contributed by atoms with E-state index in [4.69, 9.17) is 0 Å². The van der Waals surface area contributed by atoms with Crippen molar-refractivity contribution in [2.24, 2.45) is 0 Å². The summed E-state index contributed by atoms with van der Waals surface area (Å²) in [5, 5.41) is 9.93. The Labute approximate surface area is 136 Å². The molecule has 3 atom stereocenters. The van der Waals surface area contributed by atoms with E-state index in [1.807, 2.05) is 11.8 Å². The van der Waals surface area contributed by atoms with Crippen LogP contribution in [0.15, 0.2) is 29.1 Å². The van der Waals surface area contributed by atoms with Gasteiger partial charge in [-0.15, -0.1) is 0 Å². The Morgan fingerprint density at radius 1 is 1.29 bits per heavy atom. The van der Waals surface area contributed by atoms with Crippen molar-refractivity contribution in [1.29, 1.82) is 0 Å². The van der Waals surface area contributed by atoms with Gasteiger partial charge < -0.3 is 15.0 Å². The van der Waals surface area contributed by atoms with Crippen molar-refractivity contribution in [1.82, 2.24) is 4.98 Å². The Morgan fingerprint density at radius 3 is 2.62 bits per heavy atom. The summed E-state index contributed by atoms with van der Waals surface area (Å²) in [6.45, 7) is 3.68. The van der Waals surface area contributed by atoms with Gasteiger partial charge in [-0.2, -0.15) is 13.2 Å². The van der Waals surface area contributed by atoms with E-state index in [1.165, 1.54) is 12.1 Å². The van der Waals surface area contributed by atoms with Gasteiger partial charge in [-0.3, -0.25) is 4.79 Å². The summed E-state index contributed by atoms with van der Waals surface area (Å²) in [7, 11) is 0. The molecule has 2 N–H and O–H groups in total. The number of pyridine rings is 1. The first-order valence-electron chi connectivity index (χ1n) is 7.89. The van der Waals surface area contributed by atoms with Crippen molar-refractivity contribution in [3.8, 4) is 0 Å². The molecule has 1 aliphatic rings. The smallest absolute Gasteiger partial charge is 0.391 e. The third kappa shape index (κ3) is 2.88. The van der Waals surface area contributed by atoms with Crippen LogP contribution in [-0.4, -0.2) is 28.3 Å². The van der Waals surface area contributed by atoms with Gasteiger partial charge in [0.1, 0.15) is 0 Å². The van der Waals surface area contributed by atoms with Gasteiger partial charge in [0.05, 0.1) is 17.7 Å². The van der Waals surface area contributed by atoms with Gasteiger partial charge in [0.25, 0.3) is 0 Å². The van der Waals surface area contributed by atoms with Crippen molar-refractivity contribution in [3.05, 3.63) is 40.2 Å². The number of aliphatic hydroxyl groups excluding tert-OH is 1. The van der Waals surface area contributed by atoms with Crippen LogP contribution >= 0.6 is 0 Å². The molecule has 0 saturated carbocycles. The minimum absolute atomic E-state index is 0.0388. The molecular weight excluding hydrogens is 321 g/mol. The molecule has 0 spiro atoms. The van der Waals surface area contributed by atoms with Crippen LogP contribution in [0.2, 0.25) is 0 Å². The van der Waals surface area contributed by atoms with Crippen LogP contribution in [0.3, 0.4) is 0 Å². The van der Waals surface area contributed by atoms with Crippen molar-refractivity contribution >= 4 is 16.6 Å². The maximum Gasteiger partial charge on any atom is 0.417 e. The van der Waals surface area contributed by atoms with E-state index in [-0.39, 0.29) is 23.0 Å². The maximum absolute atomic E-state index is 13.3. The number of alkyl halides is 3. The molecular formula is C17H19F3N2O2. The Hall–Kier alpha value is -2.02. The summed E-state index contributed by atoms with van der Waals surface area (Å²) in [6, 6.07) is 5.21. The summed E-state index contributed by atoms with van der Waals surface area (Å²) >= 11 is 0. The van der Waals surface area contributed by atoms with Crippen molar-refractivity contribution in [3.63, 3.8) is 0 Å². The molecule has 1 aliphatic heterocycles. The van der Waals surface area contributed by atoms with E-state index in [2.05, 4.69) is 4.98 Å². The number of nitrogens with one attached hydrogen (secondary N) is 1. The second-order valence-electron chi connectivity index (χ2n) is 6.42. The molecule has 3 rings (SSSR count). The molecule has 1 aromatic carbocycles. The van der Waals surface area contributed by atoms with Crippen LogP contribution < -0.4 is 10.5 Å². The van der Waals surface area contributed by atoms with Crippen molar-refractivity contribution in [2.45, 2.75) is 51.1 Å². The number of anilines is 1. The zero-order valence-corrected chi connectivity index (χ0v) is 13.4. The van der Waals surface area contributed by atoms with E-state index in [0.29, 0.717) is 11.8 Å². The quantitative estimate of drug-likeness (QED) is 0.882. The van der Waals surface area contributed by atoms with Gasteiger partial charge in [-0.1, -0.05) is 0 Å². The van der Waals surface area contributed by atoms with Gasteiger partial charge >= 0.3 is 6.18 Å². The highest BCUT2D eigenvalue weighted by Crippen LogP contribution is 2.37. The zero-order valence-electron chi connectivity index (χ0n) is 13.4. The number of aliphatic hydroxyl groups is 1. The van der Waals surface area contributed by atoms with Gasteiger partial charge in [0.2, 0.25) is 5.56 Å². The molecule has 130 valence electrons. The molecule has 1 aromatic heterocycles. The average Bonchev–Trinajstić information content (AvgIpc) is 2.87. The molecule has 1 saturated heterocycles. The molecule has 7 heteroatoms. The number of fused-ring (bicyclic) bond motifs is 1. The van der Waals surface area contributed by atoms with Crippen LogP contribution in [0.5, 0.6) is 0 Å². The standard InChI is InChI=1S/C17H19F3N2O2/c1-9-3-6-15(10(2)23)22(9)11-4-5-14-12(7-11)13(17(18,19)20)8-16(24)21-14/h4-5,7-10,15,23H,3,6H2,1-2H3,(H,21,24)/t9-,10-,15-/m1/s1. The molecule has 2 aromatic rings. The first-order valence-corrected chi connectivity index (χ1v) is 7.89. The molecule has 1 fully saturated rings. The lowest BCUT2D eigenvalue weighted by Crippen LogP contribution is -2.41. The lowest BCUT2D eigenvalue weighted by atomic mass is 10.1. The fourth-order valence-corrected chi connectivity index (χ4v) is 3.57. The Morgan fingerprint density at radius 2 is 2.00 bits per heavy atom. The van der Waals surface area contributed by atoms with Crippen LogP contribution in [0, 0.1) is 0 Å². The van der Waals surface area contributed by atoms with Crippen LogP contribution in [0.1, 0.15) is 32.3 Å². The lowest BCUT2D eigenvalue weighted by Gasteiger charge is -2.33. The fraction of sp³-hybridized carbons (Fsp3) is 0.471. The predicted molar refractivity (Wildman–Crippen MR) is 86.2 cm³/mol. The summed E-state index contributed by atoms with van der Waals surface area (Å²) < 4.78 is 39.8. The predicted octanol–water partition coefficient (Wildman–Crippen LogP) is 3.29. The first kappa shape index (κ1) is 16.8. The monoisotopic (exact) mass is 340 g/mol. The fourth-order valence-electron chi connectivity index (χ4n) is 3.57. The maximum atomic E-state index is 13.3. The average molecular weight is 340 g/mol.